The van der Waals surface area contributed by atoms with Crippen LogP contribution in [0.5, 0.6) is 0 Å². The van der Waals surface area contributed by atoms with Crippen LogP contribution in [-0.4, -0.2) is 17.8 Å². The average Bonchev–Trinajstić information content (AvgIpc) is 2.85. The molecule has 1 N–H and O–H groups in total. The van der Waals surface area contributed by atoms with E-state index < -0.39 is 0 Å². The van der Waals surface area contributed by atoms with E-state index in [0.29, 0.717) is 12.5 Å². The quantitative estimate of drug-likeness (QED) is 0.761. The molecule has 0 aromatic rings. The van der Waals surface area contributed by atoms with Gasteiger partial charge >= 0.3 is 0 Å². The molecule has 4 atom stereocenters. The highest BCUT2D eigenvalue weighted by molar-refractivity contribution is 6.20. The Labute approximate surface area is 122 Å². The summed E-state index contributed by atoms with van der Waals surface area (Å²) < 4.78 is 0. The maximum atomic E-state index is 12.0. The molecule has 0 aromatic carbocycles. The van der Waals surface area contributed by atoms with E-state index in [9.17, 15) is 4.79 Å². The number of amides is 1. The fourth-order valence-corrected chi connectivity index (χ4v) is 4.44. The molecule has 3 heteroatoms. The molecule has 0 heterocycles. The van der Waals surface area contributed by atoms with Crippen molar-refractivity contribution in [2.45, 2.75) is 64.7 Å². The molecule has 2 rings (SSSR count). The molecule has 2 saturated carbocycles. The van der Waals surface area contributed by atoms with Crippen molar-refractivity contribution in [2.24, 2.45) is 23.2 Å². The molecule has 0 saturated heterocycles. The third kappa shape index (κ3) is 4.66. The van der Waals surface area contributed by atoms with Gasteiger partial charge < -0.3 is 5.32 Å². The van der Waals surface area contributed by atoms with Crippen LogP contribution in [0.15, 0.2) is 0 Å². The van der Waals surface area contributed by atoms with Crippen LogP contribution in [-0.2, 0) is 4.79 Å². The number of carbonyl (C=O) groups excluding carboxylic acids is 1. The smallest absolute Gasteiger partial charge is 0.220 e. The summed E-state index contributed by atoms with van der Waals surface area (Å²) in [6.45, 7) is 7.15. The van der Waals surface area contributed by atoms with Crippen molar-refractivity contribution in [1.29, 1.82) is 0 Å². The molecule has 2 fully saturated rings. The van der Waals surface area contributed by atoms with Gasteiger partial charge in [0.05, 0.1) is 5.38 Å². The number of alkyl halides is 1. The standard InChI is InChI=1S/C16H28ClNO/c1-16(2,3)9-14(17)10-18-15(19)8-13-7-11-4-5-12(13)6-11/h11-14H,4-10H2,1-3H3,(H,18,19). The van der Waals surface area contributed by atoms with Crippen molar-refractivity contribution in [3.63, 3.8) is 0 Å². The SMILES string of the molecule is CC(C)(C)CC(Cl)CNC(=O)CC1CC2CCC1C2. The second-order valence-corrected chi connectivity index (χ2v) is 8.42. The van der Waals surface area contributed by atoms with Crippen molar-refractivity contribution in [3.05, 3.63) is 0 Å². The lowest BCUT2D eigenvalue weighted by Gasteiger charge is -2.23. The molecular weight excluding hydrogens is 258 g/mol. The Morgan fingerprint density at radius 2 is 2.05 bits per heavy atom. The number of hydrogen-bond acceptors (Lipinski definition) is 1. The van der Waals surface area contributed by atoms with Gasteiger partial charge in [0.25, 0.3) is 0 Å². The molecule has 19 heavy (non-hydrogen) atoms. The van der Waals surface area contributed by atoms with Gasteiger partial charge in [-0.1, -0.05) is 27.2 Å². The van der Waals surface area contributed by atoms with Gasteiger partial charge in [-0.05, 0) is 48.9 Å². The largest absolute Gasteiger partial charge is 0.355 e. The topological polar surface area (TPSA) is 29.1 Å². The molecule has 0 spiro atoms. The van der Waals surface area contributed by atoms with Gasteiger partial charge in [-0.15, -0.1) is 11.6 Å². The number of fused-ring (bicyclic) bond motifs is 2. The molecule has 0 aromatic heterocycles. The van der Waals surface area contributed by atoms with Crippen LogP contribution in [0.3, 0.4) is 0 Å². The Morgan fingerprint density at radius 3 is 2.58 bits per heavy atom. The van der Waals surface area contributed by atoms with Crippen molar-refractivity contribution >= 4 is 17.5 Å². The van der Waals surface area contributed by atoms with E-state index in [1.807, 2.05) is 0 Å². The summed E-state index contributed by atoms with van der Waals surface area (Å²) >= 11 is 6.27. The lowest BCUT2D eigenvalue weighted by Crippen LogP contribution is -2.33. The second kappa shape index (κ2) is 6.03. The highest BCUT2D eigenvalue weighted by atomic mass is 35.5. The second-order valence-electron chi connectivity index (χ2n) is 7.81. The summed E-state index contributed by atoms with van der Waals surface area (Å²) in [6, 6.07) is 0. The molecule has 0 radical (unpaired) electrons. The summed E-state index contributed by atoms with van der Waals surface area (Å²) in [5, 5.41) is 3.07. The monoisotopic (exact) mass is 285 g/mol. The number of rotatable bonds is 5. The van der Waals surface area contributed by atoms with Crippen LogP contribution >= 0.6 is 11.6 Å². The molecule has 2 nitrogen and oxygen atoms in total. The van der Waals surface area contributed by atoms with E-state index >= 15 is 0 Å². The third-order valence-electron chi connectivity index (χ3n) is 4.69. The minimum Gasteiger partial charge on any atom is -0.355 e. The first-order valence-corrected chi connectivity index (χ1v) is 8.18. The summed E-state index contributed by atoms with van der Waals surface area (Å²) in [4.78, 5) is 12.0. The van der Waals surface area contributed by atoms with E-state index in [4.69, 9.17) is 11.6 Å². The fourth-order valence-electron chi connectivity index (χ4n) is 3.90. The first-order valence-electron chi connectivity index (χ1n) is 7.74. The van der Waals surface area contributed by atoms with Gasteiger partial charge in [0.2, 0.25) is 5.91 Å². The number of halogens is 1. The van der Waals surface area contributed by atoms with Crippen LogP contribution < -0.4 is 5.32 Å². The number of hydrogen-bond donors (Lipinski definition) is 1. The number of carbonyl (C=O) groups is 1. The van der Waals surface area contributed by atoms with E-state index in [0.717, 1.165) is 24.7 Å². The van der Waals surface area contributed by atoms with E-state index in [1.165, 1.54) is 25.7 Å². The minimum atomic E-state index is 0.0454. The first kappa shape index (κ1) is 15.2. The summed E-state index contributed by atoms with van der Waals surface area (Å²) in [7, 11) is 0. The van der Waals surface area contributed by atoms with Crippen LogP contribution in [0.1, 0.15) is 59.3 Å². The third-order valence-corrected chi connectivity index (χ3v) is 5.00. The number of nitrogens with one attached hydrogen (secondary N) is 1. The van der Waals surface area contributed by atoms with Crippen LogP contribution in [0, 0.1) is 23.2 Å². The average molecular weight is 286 g/mol. The molecule has 2 aliphatic rings. The van der Waals surface area contributed by atoms with Gasteiger partial charge in [-0.2, -0.15) is 0 Å². The normalized spacial score (nSPS) is 31.5. The molecule has 0 aliphatic heterocycles. The molecule has 2 bridgehead atoms. The van der Waals surface area contributed by atoms with Gasteiger partial charge in [0.15, 0.2) is 0 Å². The van der Waals surface area contributed by atoms with Crippen LogP contribution in [0.25, 0.3) is 0 Å². The van der Waals surface area contributed by atoms with Crippen LogP contribution in [0.2, 0.25) is 0 Å². The summed E-state index contributed by atoms with van der Waals surface area (Å²) in [5.74, 6) is 2.61. The summed E-state index contributed by atoms with van der Waals surface area (Å²) in [6.07, 6.45) is 7.07. The van der Waals surface area contributed by atoms with Crippen molar-refractivity contribution in [3.8, 4) is 0 Å². The highest BCUT2D eigenvalue weighted by Crippen LogP contribution is 2.49. The Bertz CT molecular complexity index is 323. The van der Waals surface area contributed by atoms with Crippen molar-refractivity contribution < 1.29 is 4.79 Å². The van der Waals surface area contributed by atoms with Gasteiger partial charge in [-0.25, -0.2) is 0 Å². The Balaban J connectivity index is 1.65. The van der Waals surface area contributed by atoms with E-state index in [2.05, 4.69) is 26.1 Å². The molecule has 1 amide bonds. The lowest BCUT2D eigenvalue weighted by molar-refractivity contribution is -0.122. The van der Waals surface area contributed by atoms with Crippen molar-refractivity contribution in [1.82, 2.24) is 5.32 Å². The van der Waals surface area contributed by atoms with Gasteiger partial charge in [-0.3, -0.25) is 4.79 Å². The Kier molecular flexibility index (Phi) is 4.81. The summed E-state index contributed by atoms with van der Waals surface area (Å²) in [5.41, 5.74) is 0.224. The van der Waals surface area contributed by atoms with E-state index in [-0.39, 0.29) is 16.7 Å². The van der Waals surface area contributed by atoms with Gasteiger partial charge in [0.1, 0.15) is 0 Å². The first-order chi connectivity index (χ1) is 8.83. The zero-order valence-corrected chi connectivity index (χ0v) is 13.3. The lowest BCUT2D eigenvalue weighted by atomic mass is 9.86. The molecule has 110 valence electrons. The zero-order valence-electron chi connectivity index (χ0n) is 12.5. The highest BCUT2D eigenvalue weighted by Gasteiger charge is 2.40. The fraction of sp³-hybridized carbons (Fsp3) is 0.938. The maximum Gasteiger partial charge on any atom is 0.220 e. The molecule has 4 unspecified atom stereocenters. The Hall–Kier alpha value is -0.240. The van der Waals surface area contributed by atoms with Crippen LogP contribution in [0.4, 0.5) is 0 Å². The molecule has 2 aliphatic carbocycles. The zero-order chi connectivity index (χ0) is 14.0. The predicted molar refractivity (Wildman–Crippen MR) is 80.3 cm³/mol. The van der Waals surface area contributed by atoms with Gasteiger partial charge in [0, 0.05) is 13.0 Å². The van der Waals surface area contributed by atoms with Crippen molar-refractivity contribution in [2.75, 3.05) is 6.54 Å². The maximum absolute atomic E-state index is 12.0. The molecular formula is C16H28ClNO. The predicted octanol–water partition coefficient (Wildman–Crippen LogP) is 3.97. The minimum absolute atomic E-state index is 0.0454. The Morgan fingerprint density at radius 1 is 1.32 bits per heavy atom. The van der Waals surface area contributed by atoms with E-state index in [1.54, 1.807) is 0 Å².